The lowest BCUT2D eigenvalue weighted by atomic mass is 10.0. The van der Waals surface area contributed by atoms with Gasteiger partial charge in [-0.25, -0.2) is 0 Å². The van der Waals surface area contributed by atoms with Crippen LogP contribution in [0.15, 0.2) is 60.7 Å². The largest absolute Gasteiger partial charge is 0.313 e. The molecule has 2 atom stereocenters. The molecule has 1 aliphatic heterocycles. The molecule has 0 radical (unpaired) electrons. The van der Waals surface area contributed by atoms with Gasteiger partial charge in [0.25, 0.3) is 0 Å². The highest BCUT2D eigenvalue weighted by Crippen LogP contribution is 2.21. The molecule has 0 aromatic heterocycles. The number of hydrogen-bond donors (Lipinski definition) is 1. The molecule has 0 saturated carbocycles. The van der Waals surface area contributed by atoms with Gasteiger partial charge >= 0.3 is 0 Å². The van der Waals surface area contributed by atoms with Crippen LogP contribution in [0, 0.1) is 0 Å². The van der Waals surface area contributed by atoms with Crippen molar-refractivity contribution in [2.24, 2.45) is 0 Å². The van der Waals surface area contributed by atoms with Crippen molar-refractivity contribution >= 4 is 0 Å². The van der Waals surface area contributed by atoms with E-state index in [0.717, 1.165) is 19.6 Å². The van der Waals surface area contributed by atoms with Gasteiger partial charge in [-0.15, -0.1) is 0 Å². The minimum absolute atomic E-state index is 0.546. The fraction of sp³-hybridized carbons (Fsp3) is 0.429. The maximum atomic E-state index is 3.70. The van der Waals surface area contributed by atoms with E-state index in [1.54, 1.807) is 0 Å². The van der Waals surface area contributed by atoms with Crippen LogP contribution in [0.1, 0.15) is 37.3 Å². The zero-order valence-electron chi connectivity index (χ0n) is 14.1. The van der Waals surface area contributed by atoms with Gasteiger partial charge in [0.15, 0.2) is 0 Å². The number of hydrogen-bond acceptors (Lipinski definition) is 2. The maximum absolute atomic E-state index is 3.70. The standard InChI is InChI=1S/C21H28N2/c1-18-21(14-8-9-15-22-18)23(16-19-10-4-2-5-11-19)17-20-12-6-3-7-13-20/h2-7,10-13,18,21-22H,8-9,14-17H2,1H3/t18-,21-/m1/s1. The van der Waals surface area contributed by atoms with E-state index < -0.39 is 0 Å². The molecule has 2 aromatic rings. The van der Waals surface area contributed by atoms with E-state index in [4.69, 9.17) is 0 Å². The molecule has 0 unspecified atom stereocenters. The predicted octanol–water partition coefficient (Wildman–Crippen LogP) is 4.22. The summed E-state index contributed by atoms with van der Waals surface area (Å²) in [6.45, 7) is 5.54. The molecule has 0 amide bonds. The third-order valence-corrected chi connectivity index (χ3v) is 4.90. The van der Waals surface area contributed by atoms with Gasteiger partial charge in [0.1, 0.15) is 0 Å². The third-order valence-electron chi connectivity index (χ3n) is 4.90. The van der Waals surface area contributed by atoms with Gasteiger partial charge in [0.05, 0.1) is 0 Å². The van der Waals surface area contributed by atoms with Crippen LogP contribution < -0.4 is 5.32 Å². The molecule has 1 N–H and O–H groups in total. The van der Waals surface area contributed by atoms with Crippen molar-refractivity contribution < 1.29 is 0 Å². The molecule has 1 aliphatic rings. The molecule has 23 heavy (non-hydrogen) atoms. The Kier molecular flexibility index (Phi) is 5.84. The minimum Gasteiger partial charge on any atom is -0.313 e. The lowest BCUT2D eigenvalue weighted by Gasteiger charge is -2.35. The summed E-state index contributed by atoms with van der Waals surface area (Å²) in [6.07, 6.45) is 3.90. The second-order valence-electron chi connectivity index (χ2n) is 6.68. The van der Waals surface area contributed by atoms with Crippen molar-refractivity contribution in [1.29, 1.82) is 0 Å². The van der Waals surface area contributed by atoms with Gasteiger partial charge < -0.3 is 5.32 Å². The van der Waals surface area contributed by atoms with Gasteiger partial charge in [0.2, 0.25) is 0 Å². The summed E-state index contributed by atoms with van der Waals surface area (Å²) in [7, 11) is 0. The van der Waals surface area contributed by atoms with Gasteiger partial charge in [-0.3, -0.25) is 4.90 Å². The fourth-order valence-corrected chi connectivity index (χ4v) is 3.62. The van der Waals surface area contributed by atoms with Crippen molar-refractivity contribution in [3.8, 4) is 0 Å². The van der Waals surface area contributed by atoms with E-state index in [1.807, 2.05) is 0 Å². The molecule has 1 saturated heterocycles. The van der Waals surface area contributed by atoms with Crippen molar-refractivity contribution in [2.45, 2.75) is 51.4 Å². The second-order valence-corrected chi connectivity index (χ2v) is 6.68. The molecule has 0 aliphatic carbocycles. The Morgan fingerprint density at radius 1 is 0.870 bits per heavy atom. The lowest BCUT2D eigenvalue weighted by molar-refractivity contribution is 0.142. The first kappa shape index (κ1) is 16.2. The SMILES string of the molecule is C[C@H]1NCCCC[C@H]1N(Cc1ccccc1)Cc1ccccc1. The fourth-order valence-electron chi connectivity index (χ4n) is 3.62. The first-order valence-electron chi connectivity index (χ1n) is 8.88. The summed E-state index contributed by atoms with van der Waals surface area (Å²) in [5.41, 5.74) is 2.81. The Bertz CT molecular complexity index is 525. The van der Waals surface area contributed by atoms with Crippen LogP contribution in [0.25, 0.3) is 0 Å². The maximum Gasteiger partial charge on any atom is 0.0253 e. The van der Waals surface area contributed by atoms with E-state index in [9.17, 15) is 0 Å². The summed E-state index contributed by atoms with van der Waals surface area (Å²) in [5.74, 6) is 0. The summed E-state index contributed by atoms with van der Waals surface area (Å²) < 4.78 is 0. The molecular weight excluding hydrogens is 280 g/mol. The summed E-state index contributed by atoms with van der Waals surface area (Å²) in [6, 6.07) is 22.9. The first-order valence-corrected chi connectivity index (χ1v) is 8.88. The van der Waals surface area contributed by atoms with Gasteiger partial charge in [-0.1, -0.05) is 67.1 Å². The predicted molar refractivity (Wildman–Crippen MR) is 97.2 cm³/mol. The van der Waals surface area contributed by atoms with Crippen LogP contribution in [-0.4, -0.2) is 23.5 Å². The normalized spacial score (nSPS) is 22.0. The van der Waals surface area contributed by atoms with Crippen LogP contribution >= 0.6 is 0 Å². The van der Waals surface area contributed by atoms with Gasteiger partial charge in [-0.2, -0.15) is 0 Å². The van der Waals surface area contributed by atoms with Gasteiger partial charge in [0, 0.05) is 25.2 Å². The smallest absolute Gasteiger partial charge is 0.0253 e. The topological polar surface area (TPSA) is 15.3 Å². The molecule has 0 spiro atoms. The van der Waals surface area contributed by atoms with Crippen molar-refractivity contribution in [3.63, 3.8) is 0 Å². The van der Waals surface area contributed by atoms with E-state index >= 15 is 0 Å². The summed E-state index contributed by atoms with van der Waals surface area (Å²) >= 11 is 0. The zero-order chi connectivity index (χ0) is 15.9. The zero-order valence-corrected chi connectivity index (χ0v) is 14.1. The van der Waals surface area contributed by atoms with E-state index in [1.165, 1.54) is 30.4 Å². The Hall–Kier alpha value is -1.64. The highest BCUT2D eigenvalue weighted by Gasteiger charge is 2.26. The Labute approximate surface area is 140 Å². The lowest BCUT2D eigenvalue weighted by Crippen LogP contribution is -2.46. The van der Waals surface area contributed by atoms with Crippen LogP contribution in [-0.2, 0) is 13.1 Å². The van der Waals surface area contributed by atoms with E-state index in [2.05, 4.69) is 77.8 Å². The van der Waals surface area contributed by atoms with Crippen LogP contribution in [0.5, 0.6) is 0 Å². The highest BCUT2D eigenvalue weighted by molar-refractivity contribution is 5.17. The second kappa shape index (κ2) is 8.28. The van der Waals surface area contributed by atoms with Crippen LogP contribution in [0.2, 0.25) is 0 Å². The Balaban J connectivity index is 1.79. The molecule has 122 valence electrons. The minimum atomic E-state index is 0.546. The summed E-state index contributed by atoms with van der Waals surface area (Å²) in [4.78, 5) is 2.66. The average molecular weight is 308 g/mol. The molecule has 3 rings (SSSR count). The molecule has 1 fully saturated rings. The molecule has 0 bridgehead atoms. The van der Waals surface area contributed by atoms with Crippen LogP contribution in [0.4, 0.5) is 0 Å². The third kappa shape index (κ3) is 4.66. The van der Waals surface area contributed by atoms with Crippen molar-refractivity contribution in [2.75, 3.05) is 6.54 Å². The van der Waals surface area contributed by atoms with Gasteiger partial charge in [-0.05, 0) is 37.4 Å². The average Bonchev–Trinajstić information content (AvgIpc) is 2.81. The quantitative estimate of drug-likeness (QED) is 0.889. The molecule has 2 heteroatoms. The van der Waals surface area contributed by atoms with E-state index in [0.29, 0.717) is 12.1 Å². The monoisotopic (exact) mass is 308 g/mol. The van der Waals surface area contributed by atoms with E-state index in [-0.39, 0.29) is 0 Å². The Morgan fingerprint density at radius 2 is 1.43 bits per heavy atom. The molecular formula is C21H28N2. The molecule has 2 aromatic carbocycles. The number of benzene rings is 2. The number of nitrogens with zero attached hydrogens (tertiary/aromatic N) is 1. The number of rotatable bonds is 5. The highest BCUT2D eigenvalue weighted by atomic mass is 15.2. The molecule has 2 nitrogen and oxygen atoms in total. The van der Waals surface area contributed by atoms with Crippen molar-refractivity contribution in [3.05, 3.63) is 71.8 Å². The number of nitrogens with one attached hydrogen (secondary N) is 1. The van der Waals surface area contributed by atoms with Crippen molar-refractivity contribution in [1.82, 2.24) is 10.2 Å². The first-order chi connectivity index (χ1) is 11.3. The summed E-state index contributed by atoms with van der Waals surface area (Å²) in [5, 5.41) is 3.70. The van der Waals surface area contributed by atoms with Crippen LogP contribution in [0.3, 0.4) is 0 Å². The Morgan fingerprint density at radius 3 is 2.00 bits per heavy atom. The molecule has 1 heterocycles.